The lowest BCUT2D eigenvalue weighted by Gasteiger charge is -2.34. The average molecular weight is 290 g/mol. The number of rotatable bonds is 4. The number of hydrogen-bond donors (Lipinski definition) is 1. The number of anilines is 1. The van der Waals surface area contributed by atoms with Gasteiger partial charge in [0.1, 0.15) is 12.2 Å². The molecule has 0 unspecified atom stereocenters. The van der Waals surface area contributed by atoms with Gasteiger partial charge in [0, 0.05) is 13.1 Å². The minimum absolute atomic E-state index is 0.259. The standard InChI is InChI=1S/C16H22N2O3/c19-16(20)13-5-4-6-14-15(13)21-12-11-18(14)10-9-17-7-2-1-3-8-17/h4-6H,1-3,7-12H2,(H,19,20). The molecule has 2 heterocycles. The lowest BCUT2D eigenvalue weighted by molar-refractivity contribution is 0.0692. The van der Waals surface area contributed by atoms with Crippen LogP contribution in [0.2, 0.25) is 0 Å². The Balaban J connectivity index is 1.71. The Bertz CT molecular complexity index is 512. The highest BCUT2D eigenvalue weighted by atomic mass is 16.5. The summed E-state index contributed by atoms with van der Waals surface area (Å²) in [5.41, 5.74) is 1.17. The Morgan fingerprint density at radius 3 is 2.71 bits per heavy atom. The van der Waals surface area contributed by atoms with Crippen LogP contribution in [0.15, 0.2) is 18.2 Å². The van der Waals surface area contributed by atoms with Crippen LogP contribution in [-0.4, -0.2) is 55.3 Å². The molecule has 114 valence electrons. The van der Waals surface area contributed by atoms with Gasteiger partial charge in [-0.3, -0.25) is 0 Å². The van der Waals surface area contributed by atoms with E-state index in [2.05, 4.69) is 9.80 Å². The van der Waals surface area contributed by atoms with Gasteiger partial charge in [0.2, 0.25) is 0 Å². The van der Waals surface area contributed by atoms with E-state index in [4.69, 9.17) is 4.74 Å². The zero-order chi connectivity index (χ0) is 14.7. The van der Waals surface area contributed by atoms with Crippen molar-refractivity contribution in [2.24, 2.45) is 0 Å². The molecule has 0 amide bonds. The fourth-order valence-electron chi connectivity index (χ4n) is 3.15. The summed E-state index contributed by atoms with van der Waals surface area (Å²) >= 11 is 0. The molecule has 0 radical (unpaired) electrons. The van der Waals surface area contributed by atoms with Gasteiger partial charge >= 0.3 is 5.97 Å². The molecule has 0 spiro atoms. The molecule has 1 fully saturated rings. The van der Waals surface area contributed by atoms with Crippen molar-refractivity contribution in [2.45, 2.75) is 19.3 Å². The molecule has 0 atom stereocenters. The number of hydrogen-bond acceptors (Lipinski definition) is 4. The molecule has 1 N–H and O–H groups in total. The molecule has 1 saturated heterocycles. The summed E-state index contributed by atoms with van der Waals surface area (Å²) in [5.74, 6) is -0.403. The summed E-state index contributed by atoms with van der Waals surface area (Å²) in [6.45, 7) is 5.72. The number of ether oxygens (including phenoxy) is 1. The predicted octanol–water partition coefficient (Wildman–Crippen LogP) is 2.07. The highest BCUT2D eigenvalue weighted by Gasteiger charge is 2.24. The molecule has 2 aliphatic rings. The molecule has 5 heteroatoms. The van der Waals surface area contributed by atoms with Gasteiger partial charge < -0.3 is 19.6 Å². The zero-order valence-corrected chi connectivity index (χ0v) is 12.3. The normalized spacial score (nSPS) is 19.0. The Morgan fingerprint density at radius 1 is 1.14 bits per heavy atom. The molecular formula is C16H22N2O3. The van der Waals surface area contributed by atoms with E-state index in [9.17, 15) is 9.90 Å². The second-order valence-corrected chi connectivity index (χ2v) is 5.70. The number of benzene rings is 1. The maximum Gasteiger partial charge on any atom is 0.339 e. The van der Waals surface area contributed by atoms with E-state index in [1.54, 1.807) is 12.1 Å². The van der Waals surface area contributed by atoms with Crippen molar-refractivity contribution < 1.29 is 14.6 Å². The van der Waals surface area contributed by atoms with Gasteiger partial charge in [-0.25, -0.2) is 4.79 Å². The molecule has 5 nitrogen and oxygen atoms in total. The van der Waals surface area contributed by atoms with E-state index in [-0.39, 0.29) is 5.56 Å². The fraction of sp³-hybridized carbons (Fsp3) is 0.562. The maximum atomic E-state index is 11.3. The lowest BCUT2D eigenvalue weighted by atomic mass is 10.1. The minimum Gasteiger partial charge on any atom is -0.489 e. The fourth-order valence-corrected chi connectivity index (χ4v) is 3.15. The Hall–Kier alpha value is -1.75. The van der Waals surface area contributed by atoms with Crippen LogP contribution in [-0.2, 0) is 0 Å². The highest BCUT2D eigenvalue weighted by molar-refractivity contribution is 5.93. The SMILES string of the molecule is O=C(O)c1cccc2c1OCCN2CCN1CCCCC1. The molecular weight excluding hydrogens is 268 g/mol. The largest absolute Gasteiger partial charge is 0.489 e. The number of aromatic carboxylic acids is 1. The van der Waals surface area contributed by atoms with Crippen LogP contribution in [0.25, 0.3) is 0 Å². The van der Waals surface area contributed by atoms with E-state index in [1.807, 2.05) is 6.07 Å². The van der Waals surface area contributed by atoms with Crippen molar-refractivity contribution in [3.8, 4) is 5.75 Å². The topological polar surface area (TPSA) is 53.0 Å². The summed E-state index contributed by atoms with van der Waals surface area (Å²) in [4.78, 5) is 16.0. The van der Waals surface area contributed by atoms with Gasteiger partial charge in [-0.05, 0) is 38.1 Å². The van der Waals surface area contributed by atoms with Gasteiger partial charge in [-0.2, -0.15) is 0 Å². The van der Waals surface area contributed by atoms with E-state index >= 15 is 0 Å². The van der Waals surface area contributed by atoms with E-state index in [1.165, 1.54) is 32.4 Å². The number of nitrogens with zero attached hydrogens (tertiary/aromatic N) is 2. The summed E-state index contributed by atoms with van der Waals surface area (Å²) in [6, 6.07) is 5.36. The molecule has 0 saturated carbocycles. The Kier molecular flexibility index (Phi) is 4.29. The molecule has 2 aliphatic heterocycles. The zero-order valence-electron chi connectivity index (χ0n) is 12.3. The first-order chi connectivity index (χ1) is 10.3. The minimum atomic E-state index is -0.926. The summed E-state index contributed by atoms with van der Waals surface area (Å²) < 4.78 is 5.60. The predicted molar refractivity (Wildman–Crippen MR) is 81.4 cm³/mol. The van der Waals surface area contributed by atoms with Gasteiger partial charge in [0.05, 0.1) is 12.2 Å². The second kappa shape index (κ2) is 6.35. The molecule has 3 rings (SSSR count). The first kappa shape index (κ1) is 14.2. The second-order valence-electron chi connectivity index (χ2n) is 5.70. The van der Waals surface area contributed by atoms with Crippen LogP contribution in [0.1, 0.15) is 29.6 Å². The molecule has 1 aromatic carbocycles. The number of fused-ring (bicyclic) bond motifs is 1. The first-order valence-corrected chi connectivity index (χ1v) is 7.72. The van der Waals surface area contributed by atoms with Crippen molar-refractivity contribution in [3.63, 3.8) is 0 Å². The number of likely N-dealkylation sites (tertiary alicyclic amines) is 1. The lowest BCUT2D eigenvalue weighted by Crippen LogP contribution is -2.41. The first-order valence-electron chi connectivity index (χ1n) is 7.72. The van der Waals surface area contributed by atoms with E-state index < -0.39 is 5.97 Å². The highest BCUT2D eigenvalue weighted by Crippen LogP contribution is 2.34. The molecule has 0 aliphatic carbocycles. The van der Waals surface area contributed by atoms with Crippen LogP contribution >= 0.6 is 0 Å². The van der Waals surface area contributed by atoms with Gasteiger partial charge in [-0.1, -0.05) is 12.5 Å². The number of carboxylic acids is 1. The third-order valence-electron chi connectivity index (χ3n) is 4.31. The van der Waals surface area contributed by atoms with Gasteiger partial charge in [0.15, 0.2) is 5.75 Å². The van der Waals surface area contributed by atoms with Crippen molar-refractivity contribution in [1.82, 2.24) is 4.90 Å². The van der Waals surface area contributed by atoms with E-state index in [0.29, 0.717) is 12.4 Å². The molecule has 21 heavy (non-hydrogen) atoms. The number of para-hydroxylation sites is 1. The smallest absolute Gasteiger partial charge is 0.339 e. The van der Waals surface area contributed by atoms with Crippen molar-refractivity contribution in [1.29, 1.82) is 0 Å². The number of piperidine rings is 1. The summed E-state index contributed by atoms with van der Waals surface area (Å²) in [6.07, 6.45) is 3.94. The average Bonchev–Trinajstić information content (AvgIpc) is 2.53. The molecule has 0 aromatic heterocycles. The summed E-state index contributed by atoms with van der Waals surface area (Å²) in [5, 5.41) is 9.25. The van der Waals surface area contributed by atoms with Crippen LogP contribution < -0.4 is 9.64 Å². The van der Waals surface area contributed by atoms with Crippen molar-refractivity contribution in [3.05, 3.63) is 23.8 Å². The quantitative estimate of drug-likeness (QED) is 0.920. The monoisotopic (exact) mass is 290 g/mol. The van der Waals surface area contributed by atoms with Crippen LogP contribution in [0.5, 0.6) is 5.75 Å². The molecule has 1 aromatic rings. The van der Waals surface area contributed by atoms with Crippen LogP contribution in [0.3, 0.4) is 0 Å². The molecule has 0 bridgehead atoms. The van der Waals surface area contributed by atoms with Gasteiger partial charge in [-0.15, -0.1) is 0 Å². The third kappa shape index (κ3) is 3.13. The summed E-state index contributed by atoms with van der Waals surface area (Å²) in [7, 11) is 0. The van der Waals surface area contributed by atoms with Crippen LogP contribution in [0, 0.1) is 0 Å². The number of carboxylic acid groups (broad SMARTS) is 1. The number of carbonyl (C=O) groups is 1. The van der Waals surface area contributed by atoms with Crippen LogP contribution in [0.4, 0.5) is 5.69 Å². The maximum absolute atomic E-state index is 11.3. The van der Waals surface area contributed by atoms with Crippen molar-refractivity contribution >= 4 is 11.7 Å². The Labute approximate surface area is 125 Å². The van der Waals surface area contributed by atoms with Gasteiger partial charge in [0.25, 0.3) is 0 Å². The van der Waals surface area contributed by atoms with E-state index in [0.717, 1.165) is 25.3 Å². The van der Waals surface area contributed by atoms with Crippen molar-refractivity contribution in [2.75, 3.05) is 44.2 Å². The third-order valence-corrected chi connectivity index (χ3v) is 4.31. The Morgan fingerprint density at radius 2 is 1.95 bits per heavy atom.